The molecule has 2 heterocycles. The summed E-state index contributed by atoms with van der Waals surface area (Å²) in [6, 6.07) is 10.3. The second-order valence-corrected chi connectivity index (χ2v) is 6.78. The number of amides is 1. The Morgan fingerprint density at radius 3 is 2.52 bits per heavy atom. The molecular formula is C19H23N5O3. The quantitative estimate of drug-likeness (QED) is 0.661. The third-order valence-corrected chi connectivity index (χ3v) is 4.95. The van der Waals surface area contributed by atoms with Crippen LogP contribution >= 0.6 is 0 Å². The van der Waals surface area contributed by atoms with Crippen LogP contribution in [0.3, 0.4) is 0 Å². The van der Waals surface area contributed by atoms with Gasteiger partial charge >= 0.3 is 5.97 Å². The van der Waals surface area contributed by atoms with E-state index in [-0.39, 0.29) is 11.8 Å². The van der Waals surface area contributed by atoms with Crippen LogP contribution in [-0.4, -0.2) is 45.3 Å². The van der Waals surface area contributed by atoms with Gasteiger partial charge in [-0.15, -0.1) is 5.10 Å². The van der Waals surface area contributed by atoms with Gasteiger partial charge in [-0.3, -0.25) is 15.4 Å². The van der Waals surface area contributed by atoms with Crippen molar-refractivity contribution in [2.45, 2.75) is 19.3 Å². The highest BCUT2D eigenvalue weighted by Crippen LogP contribution is 2.27. The lowest BCUT2D eigenvalue weighted by Gasteiger charge is -2.32. The van der Waals surface area contributed by atoms with E-state index in [1.807, 2.05) is 0 Å². The van der Waals surface area contributed by atoms with Gasteiger partial charge in [0.15, 0.2) is 5.82 Å². The summed E-state index contributed by atoms with van der Waals surface area (Å²) >= 11 is 0. The summed E-state index contributed by atoms with van der Waals surface area (Å²) in [6.07, 6.45) is 3.54. The summed E-state index contributed by atoms with van der Waals surface area (Å²) in [5.41, 5.74) is 1.38. The number of hydrazine groups is 1. The number of piperidine rings is 1. The molecule has 0 radical (unpaired) electrons. The average Bonchev–Trinajstić information content (AvgIpc) is 2.68. The molecule has 0 aliphatic carbocycles. The minimum Gasteiger partial charge on any atom is -0.481 e. The molecule has 1 aromatic heterocycles. The monoisotopic (exact) mass is 369 g/mol. The molecule has 1 atom stereocenters. The molecule has 2 aromatic rings. The Bertz CT molecular complexity index is 774. The molecule has 1 amide bonds. The average molecular weight is 369 g/mol. The number of hydrogen-bond donors (Lipinski definition) is 3. The minimum atomic E-state index is -0.782. The van der Waals surface area contributed by atoms with E-state index in [9.17, 15) is 14.7 Å². The first kappa shape index (κ1) is 18.9. The first-order chi connectivity index (χ1) is 13.0. The van der Waals surface area contributed by atoms with Crippen LogP contribution in [0.2, 0.25) is 0 Å². The first-order valence-electron chi connectivity index (χ1n) is 8.93. The molecule has 142 valence electrons. The molecule has 4 N–H and O–H groups in total. The highest BCUT2D eigenvalue weighted by molar-refractivity contribution is 6.03. The number of carbonyl (C=O) groups is 2. The van der Waals surface area contributed by atoms with Crippen LogP contribution in [0.4, 0.5) is 5.82 Å². The predicted octanol–water partition coefficient (Wildman–Crippen LogP) is 1.56. The standard InChI is InChI=1S/C19H23N5O3/c20-24-10-7-14(8-11-24)16(19(26)27)12-13-3-5-15(6-4-13)18(25)22-17-2-1-9-21-23-17/h1-6,9,14,16H,7-8,10-12,20H2,(H,26,27)(H,22,23,25)/t16-/m0/s1. The molecule has 0 spiro atoms. The Hall–Kier alpha value is -2.84. The lowest BCUT2D eigenvalue weighted by molar-refractivity contribution is -0.144. The second kappa shape index (κ2) is 8.70. The fraction of sp³-hybridized carbons (Fsp3) is 0.368. The van der Waals surface area contributed by atoms with Crippen molar-refractivity contribution in [2.24, 2.45) is 17.7 Å². The number of anilines is 1. The van der Waals surface area contributed by atoms with Crippen LogP contribution in [-0.2, 0) is 11.2 Å². The summed E-state index contributed by atoms with van der Waals surface area (Å²) < 4.78 is 0. The van der Waals surface area contributed by atoms with Gasteiger partial charge in [-0.2, -0.15) is 5.10 Å². The van der Waals surface area contributed by atoms with Gasteiger partial charge in [0.05, 0.1) is 5.92 Å². The van der Waals surface area contributed by atoms with Crippen molar-refractivity contribution in [3.63, 3.8) is 0 Å². The van der Waals surface area contributed by atoms with Crippen molar-refractivity contribution in [3.05, 3.63) is 53.7 Å². The smallest absolute Gasteiger partial charge is 0.307 e. The molecule has 8 heteroatoms. The maximum atomic E-state index is 12.2. The predicted molar refractivity (Wildman–Crippen MR) is 99.7 cm³/mol. The minimum absolute atomic E-state index is 0.113. The summed E-state index contributed by atoms with van der Waals surface area (Å²) in [5.74, 6) is 4.74. The second-order valence-electron chi connectivity index (χ2n) is 6.78. The number of nitrogens with one attached hydrogen (secondary N) is 1. The summed E-state index contributed by atoms with van der Waals surface area (Å²) in [5, 5.41) is 21.6. The first-order valence-corrected chi connectivity index (χ1v) is 8.93. The Morgan fingerprint density at radius 1 is 1.22 bits per heavy atom. The van der Waals surface area contributed by atoms with Gasteiger partial charge in [0.2, 0.25) is 0 Å². The zero-order valence-electron chi connectivity index (χ0n) is 14.9. The lowest BCUT2D eigenvalue weighted by atomic mass is 9.81. The molecule has 1 aliphatic heterocycles. The fourth-order valence-corrected chi connectivity index (χ4v) is 3.38. The Balaban J connectivity index is 1.63. The number of nitrogens with two attached hydrogens (primary N) is 1. The van der Waals surface area contributed by atoms with Gasteiger partial charge in [0, 0.05) is 24.8 Å². The summed E-state index contributed by atoms with van der Waals surface area (Å²) in [6.45, 7) is 1.44. The SMILES string of the molecule is NN1CCC([C@H](Cc2ccc(C(=O)Nc3cccnn3)cc2)C(=O)O)CC1. The molecule has 1 fully saturated rings. The Morgan fingerprint density at radius 2 is 1.93 bits per heavy atom. The molecule has 0 saturated carbocycles. The van der Waals surface area contributed by atoms with Crippen molar-refractivity contribution in [1.29, 1.82) is 0 Å². The van der Waals surface area contributed by atoms with Crippen LogP contribution in [0.25, 0.3) is 0 Å². The normalized spacial score (nSPS) is 16.6. The number of carbonyl (C=O) groups excluding carboxylic acids is 1. The number of aliphatic carboxylic acids is 1. The zero-order valence-corrected chi connectivity index (χ0v) is 14.9. The number of aromatic nitrogens is 2. The van der Waals surface area contributed by atoms with Gasteiger partial charge in [0.25, 0.3) is 5.91 Å². The Kier molecular flexibility index (Phi) is 6.10. The van der Waals surface area contributed by atoms with E-state index >= 15 is 0 Å². The maximum absolute atomic E-state index is 12.2. The molecule has 1 saturated heterocycles. The highest BCUT2D eigenvalue weighted by atomic mass is 16.4. The van der Waals surface area contributed by atoms with Crippen LogP contribution in [0.1, 0.15) is 28.8 Å². The van der Waals surface area contributed by atoms with E-state index in [0.717, 1.165) is 31.5 Å². The van der Waals surface area contributed by atoms with Crippen molar-refractivity contribution in [1.82, 2.24) is 15.2 Å². The van der Waals surface area contributed by atoms with E-state index in [2.05, 4.69) is 15.5 Å². The molecule has 1 aliphatic rings. The lowest BCUT2D eigenvalue weighted by Crippen LogP contribution is -2.42. The van der Waals surface area contributed by atoms with Crippen molar-refractivity contribution in [3.8, 4) is 0 Å². The van der Waals surface area contributed by atoms with Gasteiger partial charge in [-0.05, 0) is 55.0 Å². The number of nitrogens with zero attached hydrogens (tertiary/aromatic N) is 3. The fourth-order valence-electron chi connectivity index (χ4n) is 3.38. The van der Waals surface area contributed by atoms with Gasteiger partial charge in [-0.1, -0.05) is 12.1 Å². The van der Waals surface area contributed by atoms with Gasteiger partial charge in [-0.25, -0.2) is 5.01 Å². The van der Waals surface area contributed by atoms with E-state index in [0.29, 0.717) is 17.8 Å². The Labute approximate surface area is 157 Å². The van der Waals surface area contributed by atoms with Crippen LogP contribution in [0.5, 0.6) is 0 Å². The molecule has 27 heavy (non-hydrogen) atoms. The summed E-state index contributed by atoms with van der Waals surface area (Å²) in [7, 11) is 0. The molecule has 8 nitrogen and oxygen atoms in total. The van der Waals surface area contributed by atoms with Gasteiger partial charge in [0.1, 0.15) is 0 Å². The topological polar surface area (TPSA) is 121 Å². The summed E-state index contributed by atoms with van der Waals surface area (Å²) in [4.78, 5) is 24.0. The van der Waals surface area contributed by atoms with Crippen LogP contribution in [0, 0.1) is 11.8 Å². The number of carboxylic acid groups (broad SMARTS) is 1. The third-order valence-electron chi connectivity index (χ3n) is 4.95. The number of carboxylic acids is 1. The van der Waals surface area contributed by atoms with E-state index in [4.69, 9.17) is 5.84 Å². The molecule has 3 rings (SSSR count). The molecular weight excluding hydrogens is 346 g/mol. The van der Waals surface area contributed by atoms with Crippen LogP contribution < -0.4 is 11.2 Å². The zero-order chi connectivity index (χ0) is 19.2. The maximum Gasteiger partial charge on any atom is 0.307 e. The van der Waals surface area contributed by atoms with E-state index in [1.165, 1.54) is 6.20 Å². The number of hydrogen-bond acceptors (Lipinski definition) is 6. The molecule has 0 bridgehead atoms. The van der Waals surface area contributed by atoms with Crippen molar-refractivity contribution >= 4 is 17.7 Å². The van der Waals surface area contributed by atoms with E-state index in [1.54, 1.807) is 41.4 Å². The van der Waals surface area contributed by atoms with Crippen LogP contribution in [0.15, 0.2) is 42.6 Å². The largest absolute Gasteiger partial charge is 0.481 e. The molecule has 1 aromatic carbocycles. The number of rotatable bonds is 6. The van der Waals surface area contributed by atoms with Crippen molar-refractivity contribution in [2.75, 3.05) is 18.4 Å². The molecule has 0 unspecified atom stereocenters. The third kappa shape index (κ3) is 5.08. The van der Waals surface area contributed by atoms with Gasteiger partial charge < -0.3 is 10.4 Å². The number of benzene rings is 1. The van der Waals surface area contributed by atoms with Crippen molar-refractivity contribution < 1.29 is 14.7 Å². The van der Waals surface area contributed by atoms with E-state index < -0.39 is 11.9 Å². The highest BCUT2D eigenvalue weighted by Gasteiger charge is 2.30.